The van der Waals surface area contributed by atoms with Crippen molar-refractivity contribution in [1.29, 1.82) is 0 Å². The van der Waals surface area contributed by atoms with Crippen LogP contribution in [0.2, 0.25) is 0 Å². The van der Waals surface area contributed by atoms with E-state index in [0.717, 1.165) is 51.9 Å². The maximum atomic E-state index is 11.9. The number of ether oxygens (including phenoxy) is 1. The van der Waals surface area contributed by atoms with E-state index in [1.54, 1.807) is 0 Å². The number of carbonyl (C=O) groups excluding carboxylic acids is 1. The quantitative estimate of drug-likeness (QED) is 0.673. The maximum absolute atomic E-state index is 11.9. The summed E-state index contributed by atoms with van der Waals surface area (Å²) in [7, 11) is 0. The molecule has 0 aromatic rings. The number of primary amides is 1. The Balaban J connectivity index is 2.40. The van der Waals surface area contributed by atoms with Crippen molar-refractivity contribution in [2.45, 2.75) is 65.3 Å². The molecule has 1 saturated carbocycles. The average Bonchev–Trinajstić information content (AvgIpc) is 2.72. The largest absolute Gasteiger partial charge is 0.381 e. The Labute approximate surface area is 123 Å². The van der Waals surface area contributed by atoms with E-state index in [0.29, 0.717) is 11.3 Å². The van der Waals surface area contributed by atoms with E-state index in [2.05, 4.69) is 26.1 Å². The minimum Gasteiger partial charge on any atom is -0.381 e. The molecule has 0 saturated heterocycles. The summed E-state index contributed by atoms with van der Waals surface area (Å²) in [5.74, 6) is 0.117. The van der Waals surface area contributed by atoms with Gasteiger partial charge in [0.25, 0.3) is 0 Å². The van der Waals surface area contributed by atoms with Crippen LogP contribution in [0, 0.1) is 11.3 Å². The van der Waals surface area contributed by atoms with E-state index in [-0.39, 0.29) is 5.91 Å². The van der Waals surface area contributed by atoms with E-state index in [9.17, 15) is 4.79 Å². The SMILES string of the molecule is CCNC1(C(N)=O)CCCC1CCOCCC(C)(C)C. The zero-order valence-corrected chi connectivity index (χ0v) is 13.6. The highest BCUT2D eigenvalue weighted by Gasteiger charge is 2.46. The molecule has 1 fully saturated rings. The van der Waals surface area contributed by atoms with Crippen LogP contribution < -0.4 is 11.1 Å². The van der Waals surface area contributed by atoms with Crippen molar-refractivity contribution >= 4 is 5.91 Å². The number of nitrogens with two attached hydrogens (primary N) is 1. The lowest BCUT2D eigenvalue weighted by Crippen LogP contribution is -2.58. The number of likely N-dealkylation sites (N-methyl/N-ethyl adjacent to an activating group) is 1. The molecule has 0 spiro atoms. The summed E-state index contributed by atoms with van der Waals surface area (Å²) in [5, 5.41) is 3.34. The molecule has 2 atom stereocenters. The summed E-state index contributed by atoms with van der Waals surface area (Å²) >= 11 is 0. The Morgan fingerprint density at radius 1 is 1.40 bits per heavy atom. The Hall–Kier alpha value is -0.610. The Morgan fingerprint density at radius 3 is 2.65 bits per heavy atom. The van der Waals surface area contributed by atoms with Crippen LogP contribution in [0.4, 0.5) is 0 Å². The van der Waals surface area contributed by atoms with Crippen LogP contribution in [-0.4, -0.2) is 31.2 Å². The second-order valence-electron chi connectivity index (χ2n) is 7.17. The highest BCUT2D eigenvalue weighted by atomic mass is 16.5. The fourth-order valence-corrected chi connectivity index (χ4v) is 3.13. The van der Waals surface area contributed by atoms with Gasteiger partial charge in [-0.3, -0.25) is 4.79 Å². The lowest BCUT2D eigenvalue weighted by atomic mass is 9.84. The molecule has 1 rings (SSSR count). The fraction of sp³-hybridized carbons (Fsp3) is 0.938. The minimum atomic E-state index is -0.498. The molecule has 0 radical (unpaired) electrons. The highest BCUT2D eigenvalue weighted by molar-refractivity contribution is 5.85. The molecule has 4 heteroatoms. The van der Waals surface area contributed by atoms with E-state index in [1.165, 1.54) is 0 Å². The van der Waals surface area contributed by atoms with Crippen molar-refractivity contribution in [3.63, 3.8) is 0 Å². The highest BCUT2D eigenvalue weighted by Crippen LogP contribution is 2.37. The van der Waals surface area contributed by atoms with Crippen LogP contribution >= 0.6 is 0 Å². The number of hydrogen-bond donors (Lipinski definition) is 2. The van der Waals surface area contributed by atoms with Gasteiger partial charge >= 0.3 is 0 Å². The van der Waals surface area contributed by atoms with Crippen molar-refractivity contribution in [1.82, 2.24) is 5.32 Å². The Morgan fingerprint density at radius 2 is 2.10 bits per heavy atom. The van der Waals surface area contributed by atoms with Gasteiger partial charge in [0, 0.05) is 13.2 Å². The van der Waals surface area contributed by atoms with Crippen molar-refractivity contribution in [2.24, 2.45) is 17.1 Å². The predicted octanol–water partition coefficient (Wildman–Crippen LogP) is 2.46. The number of hydrogen-bond acceptors (Lipinski definition) is 3. The topological polar surface area (TPSA) is 64.3 Å². The molecule has 1 amide bonds. The molecule has 4 nitrogen and oxygen atoms in total. The van der Waals surface area contributed by atoms with Gasteiger partial charge in [0.15, 0.2) is 0 Å². The van der Waals surface area contributed by atoms with Crippen LogP contribution in [0.5, 0.6) is 0 Å². The smallest absolute Gasteiger partial charge is 0.238 e. The standard InChI is InChI=1S/C16H32N2O2/c1-5-18-16(14(17)19)9-6-7-13(16)8-11-20-12-10-15(2,3)4/h13,18H,5-12H2,1-4H3,(H2,17,19). The van der Waals surface area contributed by atoms with E-state index in [4.69, 9.17) is 10.5 Å². The van der Waals surface area contributed by atoms with Crippen LogP contribution in [0.15, 0.2) is 0 Å². The molecular weight excluding hydrogens is 252 g/mol. The number of amides is 1. The summed E-state index contributed by atoms with van der Waals surface area (Å²) in [6, 6.07) is 0. The van der Waals surface area contributed by atoms with Gasteiger partial charge in [-0.2, -0.15) is 0 Å². The third-order valence-electron chi connectivity index (χ3n) is 4.36. The predicted molar refractivity (Wildman–Crippen MR) is 82.5 cm³/mol. The first-order valence-corrected chi connectivity index (χ1v) is 7.94. The lowest BCUT2D eigenvalue weighted by Gasteiger charge is -2.33. The molecule has 0 aromatic heterocycles. The number of rotatable bonds is 8. The Bertz CT molecular complexity index is 312. The first kappa shape index (κ1) is 17.4. The van der Waals surface area contributed by atoms with Crippen LogP contribution in [0.3, 0.4) is 0 Å². The summed E-state index contributed by atoms with van der Waals surface area (Å²) in [4.78, 5) is 11.9. The zero-order chi connectivity index (χ0) is 15.2. The first-order chi connectivity index (χ1) is 9.32. The maximum Gasteiger partial charge on any atom is 0.238 e. The first-order valence-electron chi connectivity index (χ1n) is 7.94. The minimum absolute atomic E-state index is 0.198. The van der Waals surface area contributed by atoms with Crippen LogP contribution in [-0.2, 0) is 9.53 Å². The number of carbonyl (C=O) groups is 1. The second-order valence-corrected chi connectivity index (χ2v) is 7.17. The molecule has 0 bridgehead atoms. The lowest BCUT2D eigenvalue weighted by molar-refractivity contribution is -0.126. The third kappa shape index (κ3) is 4.74. The molecule has 1 aliphatic rings. The molecule has 3 N–H and O–H groups in total. The van der Waals surface area contributed by atoms with Gasteiger partial charge in [-0.05, 0) is 43.6 Å². The van der Waals surface area contributed by atoms with Gasteiger partial charge in [0.2, 0.25) is 5.91 Å². The van der Waals surface area contributed by atoms with Crippen molar-refractivity contribution in [3.05, 3.63) is 0 Å². The monoisotopic (exact) mass is 284 g/mol. The molecule has 20 heavy (non-hydrogen) atoms. The van der Waals surface area contributed by atoms with Gasteiger partial charge in [-0.15, -0.1) is 0 Å². The van der Waals surface area contributed by atoms with E-state index in [1.807, 2.05) is 6.92 Å². The van der Waals surface area contributed by atoms with E-state index >= 15 is 0 Å². The van der Waals surface area contributed by atoms with Crippen LogP contribution in [0.25, 0.3) is 0 Å². The van der Waals surface area contributed by atoms with Gasteiger partial charge in [0.1, 0.15) is 5.54 Å². The average molecular weight is 284 g/mol. The molecule has 1 aliphatic carbocycles. The normalized spacial score (nSPS) is 26.9. The molecule has 0 aromatic carbocycles. The zero-order valence-electron chi connectivity index (χ0n) is 13.6. The Kier molecular flexibility index (Phi) is 6.46. The second kappa shape index (κ2) is 7.41. The van der Waals surface area contributed by atoms with Gasteiger partial charge < -0.3 is 15.8 Å². The van der Waals surface area contributed by atoms with Gasteiger partial charge in [-0.1, -0.05) is 34.1 Å². The molecule has 2 unspecified atom stereocenters. The molecule has 0 aliphatic heterocycles. The third-order valence-corrected chi connectivity index (χ3v) is 4.36. The van der Waals surface area contributed by atoms with E-state index < -0.39 is 5.54 Å². The fourth-order valence-electron chi connectivity index (χ4n) is 3.13. The van der Waals surface area contributed by atoms with Gasteiger partial charge in [0.05, 0.1) is 0 Å². The van der Waals surface area contributed by atoms with Crippen molar-refractivity contribution in [2.75, 3.05) is 19.8 Å². The summed E-state index contributed by atoms with van der Waals surface area (Å²) in [5.41, 5.74) is 5.47. The number of nitrogens with one attached hydrogen (secondary N) is 1. The molecule has 0 heterocycles. The summed E-state index contributed by atoms with van der Waals surface area (Å²) in [6.45, 7) is 11.0. The molecular formula is C16H32N2O2. The van der Waals surface area contributed by atoms with Crippen molar-refractivity contribution < 1.29 is 9.53 Å². The summed E-state index contributed by atoms with van der Waals surface area (Å²) < 4.78 is 5.74. The van der Waals surface area contributed by atoms with Crippen molar-refractivity contribution in [3.8, 4) is 0 Å². The molecule has 118 valence electrons. The summed E-state index contributed by atoms with van der Waals surface area (Å²) in [6.07, 6.45) is 4.98. The van der Waals surface area contributed by atoms with Gasteiger partial charge in [-0.25, -0.2) is 0 Å². The van der Waals surface area contributed by atoms with Crippen LogP contribution in [0.1, 0.15) is 59.8 Å².